The average molecular weight is 736 g/mol. The van der Waals surface area contributed by atoms with Gasteiger partial charge in [0.05, 0.1) is 30.4 Å². The van der Waals surface area contributed by atoms with E-state index in [0.29, 0.717) is 29.3 Å². The number of carbonyl (C=O) groups is 3. The summed E-state index contributed by atoms with van der Waals surface area (Å²) in [6.45, 7) is 4.97. The summed E-state index contributed by atoms with van der Waals surface area (Å²) in [4.78, 5) is 40.4. The molecule has 7 rings (SSSR count). The predicted octanol–water partition coefficient (Wildman–Crippen LogP) is 6.41. The second-order valence-corrected chi connectivity index (χ2v) is 15.6. The number of nitrogens with one attached hydrogen (secondary N) is 1. The normalized spacial score (nSPS) is 26.2. The molecule has 3 aromatic rings. The molecule has 7 atom stereocenters. The SMILES string of the molecule is CC(C)(C)OC(=O)CCC(CO)NC(=O)C1=CC2OC(c3ccccc3)(c3ccccc3)OC2C(OC(=O)c2ccccc2C=CC2CCC3OC3C2)C1. The van der Waals surface area contributed by atoms with Gasteiger partial charge in [0.1, 0.15) is 23.9 Å². The first-order valence-corrected chi connectivity index (χ1v) is 19.0. The number of aliphatic hydroxyl groups is 1. The molecular formula is C44H49NO9. The minimum Gasteiger partial charge on any atom is -0.460 e. The molecule has 2 aliphatic carbocycles. The number of hydrogen-bond acceptors (Lipinski definition) is 9. The first-order chi connectivity index (χ1) is 26.0. The highest BCUT2D eigenvalue weighted by molar-refractivity contribution is 5.95. The number of carbonyl (C=O) groups excluding carboxylic acids is 3. The van der Waals surface area contributed by atoms with E-state index in [1.54, 1.807) is 39.0 Å². The van der Waals surface area contributed by atoms with Crippen LogP contribution in [0, 0.1) is 5.92 Å². The lowest BCUT2D eigenvalue weighted by atomic mass is 9.88. The number of allylic oxidation sites excluding steroid dienone is 1. The van der Waals surface area contributed by atoms with Gasteiger partial charge in [0.2, 0.25) is 11.7 Å². The highest BCUT2D eigenvalue weighted by Crippen LogP contribution is 2.47. The molecule has 284 valence electrons. The van der Waals surface area contributed by atoms with E-state index in [2.05, 4.69) is 11.4 Å². The molecule has 1 amide bonds. The second-order valence-electron chi connectivity index (χ2n) is 15.6. The summed E-state index contributed by atoms with van der Waals surface area (Å²) in [5, 5.41) is 13.0. The first-order valence-electron chi connectivity index (χ1n) is 19.0. The minimum absolute atomic E-state index is 0.0177. The third kappa shape index (κ3) is 8.68. The fourth-order valence-corrected chi connectivity index (χ4v) is 7.64. The van der Waals surface area contributed by atoms with E-state index in [4.69, 9.17) is 23.7 Å². The molecule has 3 aromatic carbocycles. The second kappa shape index (κ2) is 16.0. The van der Waals surface area contributed by atoms with Crippen LogP contribution in [-0.2, 0) is 39.1 Å². The van der Waals surface area contributed by atoms with Crippen LogP contribution in [0.1, 0.15) is 86.3 Å². The maximum Gasteiger partial charge on any atom is 0.339 e. The molecule has 0 bridgehead atoms. The van der Waals surface area contributed by atoms with Crippen LogP contribution in [0.5, 0.6) is 0 Å². The van der Waals surface area contributed by atoms with Crippen molar-refractivity contribution in [2.24, 2.45) is 5.92 Å². The molecule has 2 saturated heterocycles. The highest BCUT2D eigenvalue weighted by atomic mass is 16.8. The third-order valence-electron chi connectivity index (χ3n) is 10.4. The van der Waals surface area contributed by atoms with Gasteiger partial charge in [-0.2, -0.15) is 0 Å². The van der Waals surface area contributed by atoms with Gasteiger partial charge in [0, 0.05) is 29.5 Å². The Morgan fingerprint density at radius 1 is 0.926 bits per heavy atom. The van der Waals surface area contributed by atoms with E-state index < -0.39 is 53.6 Å². The van der Waals surface area contributed by atoms with E-state index >= 15 is 0 Å². The van der Waals surface area contributed by atoms with Gasteiger partial charge < -0.3 is 34.1 Å². The van der Waals surface area contributed by atoms with E-state index in [9.17, 15) is 19.5 Å². The fraction of sp³-hybridized carbons (Fsp3) is 0.432. The lowest BCUT2D eigenvalue weighted by molar-refractivity contribution is -0.157. The van der Waals surface area contributed by atoms with Gasteiger partial charge in [-0.1, -0.05) is 91.0 Å². The van der Waals surface area contributed by atoms with E-state index in [0.717, 1.165) is 36.0 Å². The van der Waals surface area contributed by atoms with Crippen molar-refractivity contribution in [3.05, 3.63) is 125 Å². The Kier molecular flexibility index (Phi) is 11.2. The molecule has 0 aromatic heterocycles. The smallest absolute Gasteiger partial charge is 0.339 e. The zero-order chi connectivity index (χ0) is 37.9. The highest BCUT2D eigenvalue weighted by Gasteiger charge is 2.55. The van der Waals surface area contributed by atoms with Crippen molar-refractivity contribution >= 4 is 23.9 Å². The molecule has 3 fully saturated rings. The van der Waals surface area contributed by atoms with Crippen molar-refractivity contribution in [2.75, 3.05) is 6.61 Å². The quantitative estimate of drug-likeness (QED) is 0.160. The summed E-state index contributed by atoms with van der Waals surface area (Å²) in [5.74, 6) is -2.40. The van der Waals surface area contributed by atoms with Gasteiger partial charge >= 0.3 is 11.9 Å². The third-order valence-corrected chi connectivity index (χ3v) is 10.4. The number of hydrogen-bond donors (Lipinski definition) is 2. The summed E-state index contributed by atoms with van der Waals surface area (Å²) in [5.41, 5.74) is 2.31. The van der Waals surface area contributed by atoms with Crippen LogP contribution in [0.3, 0.4) is 0 Å². The van der Waals surface area contributed by atoms with Gasteiger partial charge in [-0.25, -0.2) is 4.79 Å². The number of esters is 2. The standard InChI is InChI=1S/C44H49NO9/c1-43(2,3)53-39(47)23-21-33(27-46)45-41(48)30-25-37(51-42(49)34-17-11-10-12-29(34)20-18-28-19-22-35-36(24-28)50-35)40-38(26-30)52-44(54-40,31-13-6-4-7-14-31)32-15-8-5-9-16-32/h4-18,20,26,28,33,35-38,40,46H,19,21-25,27H2,1-3H3,(H,45,48). The number of fused-ring (bicyclic) bond motifs is 2. The van der Waals surface area contributed by atoms with E-state index in [1.807, 2.05) is 78.9 Å². The molecule has 1 saturated carbocycles. The maximum absolute atomic E-state index is 14.1. The molecular weight excluding hydrogens is 686 g/mol. The average Bonchev–Trinajstić information content (AvgIpc) is 3.84. The molecule has 2 N–H and O–H groups in total. The Bertz CT molecular complexity index is 1830. The Balaban J connectivity index is 1.15. The van der Waals surface area contributed by atoms with Crippen LogP contribution in [0.15, 0.2) is 103 Å². The largest absolute Gasteiger partial charge is 0.460 e. The van der Waals surface area contributed by atoms with Crippen molar-refractivity contribution in [3.63, 3.8) is 0 Å². The lowest BCUT2D eigenvalue weighted by Crippen LogP contribution is -2.45. The number of amides is 1. The Morgan fingerprint density at radius 3 is 2.28 bits per heavy atom. The lowest BCUT2D eigenvalue weighted by Gasteiger charge is -2.31. The van der Waals surface area contributed by atoms with Crippen LogP contribution in [-0.4, -0.2) is 71.7 Å². The van der Waals surface area contributed by atoms with Crippen molar-refractivity contribution < 1.29 is 43.2 Å². The van der Waals surface area contributed by atoms with Crippen molar-refractivity contribution in [1.29, 1.82) is 0 Å². The van der Waals surface area contributed by atoms with E-state index in [1.165, 1.54) is 0 Å². The monoisotopic (exact) mass is 735 g/mol. The summed E-state index contributed by atoms with van der Waals surface area (Å²) in [6.07, 6.45) is 7.50. The van der Waals surface area contributed by atoms with Gasteiger partial charge in [-0.05, 0) is 70.1 Å². The van der Waals surface area contributed by atoms with Crippen LogP contribution in [0.4, 0.5) is 0 Å². The Labute approximate surface area is 316 Å². The van der Waals surface area contributed by atoms with Crippen molar-refractivity contribution in [1.82, 2.24) is 5.32 Å². The van der Waals surface area contributed by atoms with Crippen molar-refractivity contribution in [2.45, 2.75) is 107 Å². The molecule has 10 heteroatoms. The maximum atomic E-state index is 14.1. The molecule has 7 unspecified atom stereocenters. The summed E-state index contributed by atoms with van der Waals surface area (Å²) < 4.78 is 31.1. The zero-order valence-corrected chi connectivity index (χ0v) is 31.0. The number of benzene rings is 3. The topological polar surface area (TPSA) is 133 Å². The predicted molar refractivity (Wildman–Crippen MR) is 201 cm³/mol. The van der Waals surface area contributed by atoms with Crippen LogP contribution < -0.4 is 5.32 Å². The van der Waals surface area contributed by atoms with Crippen LogP contribution in [0.25, 0.3) is 6.08 Å². The summed E-state index contributed by atoms with van der Waals surface area (Å²) in [6, 6.07) is 25.7. The van der Waals surface area contributed by atoms with Crippen molar-refractivity contribution in [3.8, 4) is 0 Å². The number of rotatable bonds is 12. The molecule has 2 aliphatic heterocycles. The number of ether oxygens (including phenoxy) is 5. The van der Waals surface area contributed by atoms with Gasteiger partial charge in [-0.3, -0.25) is 9.59 Å². The summed E-state index contributed by atoms with van der Waals surface area (Å²) in [7, 11) is 0. The van der Waals surface area contributed by atoms with Gasteiger partial charge in [-0.15, -0.1) is 0 Å². The number of aliphatic hydroxyl groups excluding tert-OH is 1. The Hall–Kier alpha value is -4.61. The molecule has 2 heterocycles. The zero-order valence-electron chi connectivity index (χ0n) is 31.0. The minimum atomic E-state index is -1.35. The first kappa shape index (κ1) is 37.7. The van der Waals surface area contributed by atoms with E-state index in [-0.39, 0.29) is 25.9 Å². The molecule has 10 nitrogen and oxygen atoms in total. The van der Waals surface area contributed by atoms with Gasteiger partial charge in [0.15, 0.2) is 0 Å². The van der Waals surface area contributed by atoms with Crippen LogP contribution >= 0.6 is 0 Å². The molecule has 0 spiro atoms. The summed E-state index contributed by atoms with van der Waals surface area (Å²) >= 11 is 0. The number of epoxide rings is 1. The molecule has 0 radical (unpaired) electrons. The molecule has 4 aliphatic rings. The van der Waals surface area contributed by atoms with Crippen LogP contribution in [0.2, 0.25) is 0 Å². The van der Waals surface area contributed by atoms with Gasteiger partial charge in [0.25, 0.3) is 0 Å². The Morgan fingerprint density at radius 2 is 1.61 bits per heavy atom. The fourth-order valence-electron chi connectivity index (χ4n) is 7.64. The molecule has 54 heavy (non-hydrogen) atoms.